The van der Waals surface area contributed by atoms with E-state index in [1.807, 2.05) is 11.4 Å². The molecule has 2 unspecified atom stereocenters. The van der Waals surface area contributed by atoms with Crippen LogP contribution in [0.3, 0.4) is 0 Å². The number of nitrogens with one attached hydrogen (secondary N) is 1. The van der Waals surface area contributed by atoms with Gasteiger partial charge in [-0.1, -0.05) is 19.8 Å². The van der Waals surface area contributed by atoms with Crippen LogP contribution in [0.5, 0.6) is 0 Å². The summed E-state index contributed by atoms with van der Waals surface area (Å²) in [5.41, 5.74) is 7.18. The lowest BCUT2D eigenvalue weighted by atomic mass is 9.91. The molecule has 1 aliphatic carbocycles. The number of amides is 1. The minimum atomic E-state index is 0.0548. The molecule has 1 aromatic rings. The number of aryl methyl sites for hydroxylation is 1. The molecular formula is C13H20N2OS. The first-order chi connectivity index (χ1) is 8.22. The Morgan fingerprint density at radius 2 is 2.29 bits per heavy atom. The van der Waals surface area contributed by atoms with E-state index in [9.17, 15) is 4.79 Å². The Morgan fingerprint density at radius 3 is 3.00 bits per heavy atom. The standard InChI is InChI=1S/C13H20N2OS/c1-2-9-7-8-17-12(9)13(16)15-11-6-4-3-5-10(11)14/h7-8,10-11H,2-6,14H2,1H3,(H,15,16). The Hall–Kier alpha value is -0.870. The Balaban J connectivity index is 2.01. The highest BCUT2D eigenvalue weighted by molar-refractivity contribution is 7.12. The molecule has 1 fully saturated rings. The van der Waals surface area contributed by atoms with Crippen molar-refractivity contribution in [2.24, 2.45) is 5.73 Å². The van der Waals surface area contributed by atoms with Gasteiger partial charge in [0.25, 0.3) is 5.91 Å². The van der Waals surface area contributed by atoms with E-state index in [0.29, 0.717) is 0 Å². The Morgan fingerprint density at radius 1 is 1.53 bits per heavy atom. The molecule has 0 aliphatic heterocycles. The molecule has 2 rings (SSSR count). The minimum Gasteiger partial charge on any atom is -0.347 e. The molecule has 17 heavy (non-hydrogen) atoms. The molecule has 0 saturated heterocycles. The van der Waals surface area contributed by atoms with Crippen molar-refractivity contribution in [1.29, 1.82) is 0 Å². The molecule has 3 N–H and O–H groups in total. The zero-order valence-electron chi connectivity index (χ0n) is 10.2. The lowest BCUT2D eigenvalue weighted by Gasteiger charge is -2.29. The number of hydrogen-bond acceptors (Lipinski definition) is 3. The predicted molar refractivity (Wildman–Crippen MR) is 71.4 cm³/mol. The monoisotopic (exact) mass is 252 g/mol. The van der Waals surface area contributed by atoms with Gasteiger partial charge in [-0.15, -0.1) is 11.3 Å². The summed E-state index contributed by atoms with van der Waals surface area (Å²) < 4.78 is 0. The average Bonchev–Trinajstić information content (AvgIpc) is 2.80. The summed E-state index contributed by atoms with van der Waals surface area (Å²) in [5, 5.41) is 5.07. The molecule has 1 heterocycles. The summed E-state index contributed by atoms with van der Waals surface area (Å²) in [5.74, 6) is 0.0548. The number of nitrogens with two attached hydrogens (primary N) is 1. The lowest BCUT2D eigenvalue weighted by molar-refractivity contribution is 0.0924. The van der Waals surface area contributed by atoms with Crippen molar-refractivity contribution in [1.82, 2.24) is 5.32 Å². The lowest BCUT2D eigenvalue weighted by Crippen LogP contribution is -2.49. The Labute approximate surface area is 106 Å². The van der Waals surface area contributed by atoms with Crippen LogP contribution in [0.1, 0.15) is 47.8 Å². The fourth-order valence-electron chi connectivity index (χ4n) is 2.39. The van der Waals surface area contributed by atoms with Crippen molar-refractivity contribution >= 4 is 17.2 Å². The molecule has 4 heteroatoms. The van der Waals surface area contributed by atoms with Crippen LogP contribution in [-0.2, 0) is 6.42 Å². The third-order valence-corrected chi connectivity index (χ3v) is 4.43. The number of thiophene rings is 1. The summed E-state index contributed by atoms with van der Waals surface area (Å²) in [4.78, 5) is 13.0. The van der Waals surface area contributed by atoms with Gasteiger partial charge in [0.15, 0.2) is 0 Å². The Bertz CT molecular complexity index is 389. The van der Waals surface area contributed by atoms with Gasteiger partial charge in [-0.05, 0) is 36.3 Å². The van der Waals surface area contributed by atoms with E-state index in [4.69, 9.17) is 5.73 Å². The van der Waals surface area contributed by atoms with Crippen LogP contribution >= 0.6 is 11.3 Å². The van der Waals surface area contributed by atoms with Gasteiger partial charge in [-0.2, -0.15) is 0 Å². The average molecular weight is 252 g/mol. The molecule has 0 bridgehead atoms. The minimum absolute atomic E-state index is 0.0548. The number of carbonyl (C=O) groups is 1. The van der Waals surface area contributed by atoms with E-state index < -0.39 is 0 Å². The van der Waals surface area contributed by atoms with E-state index >= 15 is 0 Å². The van der Waals surface area contributed by atoms with Gasteiger partial charge >= 0.3 is 0 Å². The highest BCUT2D eigenvalue weighted by atomic mass is 32.1. The highest BCUT2D eigenvalue weighted by Crippen LogP contribution is 2.20. The van der Waals surface area contributed by atoms with Crippen molar-refractivity contribution in [2.75, 3.05) is 0 Å². The number of carbonyl (C=O) groups excluding carboxylic acids is 1. The molecule has 3 nitrogen and oxygen atoms in total. The molecule has 1 saturated carbocycles. The van der Waals surface area contributed by atoms with Crippen molar-refractivity contribution in [3.05, 3.63) is 21.9 Å². The topological polar surface area (TPSA) is 55.1 Å². The maximum atomic E-state index is 12.1. The van der Waals surface area contributed by atoms with Crippen molar-refractivity contribution in [2.45, 2.75) is 51.1 Å². The molecular weight excluding hydrogens is 232 g/mol. The van der Waals surface area contributed by atoms with Crippen molar-refractivity contribution in [3.8, 4) is 0 Å². The summed E-state index contributed by atoms with van der Waals surface area (Å²) in [6, 6.07) is 2.31. The van der Waals surface area contributed by atoms with E-state index in [0.717, 1.165) is 29.7 Å². The second-order valence-electron chi connectivity index (χ2n) is 4.66. The quantitative estimate of drug-likeness (QED) is 0.867. The summed E-state index contributed by atoms with van der Waals surface area (Å²) in [6.45, 7) is 2.07. The van der Waals surface area contributed by atoms with Gasteiger partial charge in [0, 0.05) is 12.1 Å². The summed E-state index contributed by atoms with van der Waals surface area (Å²) in [7, 11) is 0. The second kappa shape index (κ2) is 5.65. The molecule has 0 aromatic carbocycles. The van der Waals surface area contributed by atoms with Gasteiger partial charge < -0.3 is 11.1 Å². The van der Waals surface area contributed by atoms with E-state index in [1.54, 1.807) is 0 Å². The molecule has 1 aromatic heterocycles. The van der Waals surface area contributed by atoms with Gasteiger partial charge in [0.2, 0.25) is 0 Å². The maximum absolute atomic E-state index is 12.1. The molecule has 0 radical (unpaired) electrons. The zero-order valence-corrected chi connectivity index (χ0v) is 11.1. The summed E-state index contributed by atoms with van der Waals surface area (Å²) >= 11 is 1.52. The first-order valence-electron chi connectivity index (χ1n) is 6.35. The van der Waals surface area contributed by atoms with Crippen LogP contribution in [0.25, 0.3) is 0 Å². The third kappa shape index (κ3) is 2.87. The van der Waals surface area contributed by atoms with E-state index in [-0.39, 0.29) is 18.0 Å². The third-order valence-electron chi connectivity index (χ3n) is 3.47. The largest absolute Gasteiger partial charge is 0.347 e. The maximum Gasteiger partial charge on any atom is 0.261 e. The van der Waals surface area contributed by atoms with Gasteiger partial charge in [0.1, 0.15) is 0 Å². The second-order valence-corrected chi connectivity index (χ2v) is 5.57. The van der Waals surface area contributed by atoms with Crippen LogP contribution in [0.4, 0.5) is 0 Å². The molecule has 0 spiro atoms. The van der Waals surface area contributed by atoms with Crippen LogP contribution in [0.2, 0.25) is 0 Å². The normalized spacial score (nSPS) is 24.6. The number of rotatable bonds is 3. The van der Waals surface area contributed by atoms with E-state index in [2.05, 4.69) is 12.2 Å². The smallest absolute Gasteiger partial charge is 0.261 e. The van der Waals surface area contributed by atoms with Crippen molar-refractivity contribution < 1.29 is 4.79 Å². The van der Waals surface area contributed by atoms with Crippen LogP contribution < -0.4 is 11.1 Å². The summed E-state index contributed by atoms with van der Waals surface area (Å²) in [6.07, 6.45) is 5.30. The van der Waals surface area contributed by atoms with E-state index in [1.165, 1.54) is 24.2 Å². The number of hydrogen-bond donors (Lipinski definition) is 2. The Kier molecular flexibility index (Phi) is 4.18. The molecule has 1 amide bonds. The first-order valence-corrected chi connectivity index (χ1v) is 7.23. The van der Waals surface area contributed by atoms with Crippen molar-refractivity contribution in [3.63, 3.8) is 0 Å². The molecule has 94 valence electrons. The fourth-order valence-corrected chi connectivity index (χ4v) is 3.28. The SMILES string of the molecule is CCc1ccsc1C(=O)NC1CCCCC1N. The van der Waals surface area contributed by atoms with Crippen LogP contribution in [-0.4, -0.2) is 18.0 Å². The first kappa shape index (κ1) is 12.6. The highest BCUT2D eigenvalue weighted by Gasteiger charge is 2.24. The van der Waals surface area contributed by atoms with Gasteiger partial charge in [0.05, 0.1) is 4.88 Å². The molecule has 1 aliphatic rings. The van der Waals surface area contributed by atoms with Crippen LogP contribution in [0.15, 0.2) is 11.4 Å². The van der Waals surface area contributed by atoms with Gasteiger partial charge in [-0.3, -0.25) is 4.79 Å². The zero-order chi connectivity index (χ0) is 12.3. The fraction of sp³-hybridized carbons (Fsp3) is 0.615. The van der Waals surface area contributed by atoms with Crippen LogP contribution in [0, 0.1) is 0 Å². The molecule has 2 atom stereocenters. The van der Waals surface area contributed by atoms with Gasteiger partial charge in [-0.25, -0.2) is 0 Å². The predicted octanol–water partition coefficient (Wildman–Crippen LogP) is 2.31.